The predicted octanol–water partition coefficient (Wildman–Crippen LogP) is 2.17. The van der Waals surface area contributed by atoms with Crippen LogP contribution in [0.2, 0.25) is 0 Å². The van der Waals surface area contributed by atoms with Gasteiger partial charge in [-0.2, -0.15) is 0 Å². The number of nitrogens with one attached hydrogen (secondary N) is 1. The first-order valence-electron chi connectivity index (χ1n) is 9.00. The summed E-state index contributed by atoms with van der Waals surface area (Å²) in [6.07, 6.45) is 4.96. The second-order valence-electron chi connectivity index (χ2n) is 6.24. The largest absolute Gasteiger partial charge is 0.494 e. The van der Waals surface area contributed by atoms with Crippen molar-refractivity contribution in [3.05, 3.63) is 30.3 Å². The molecule has 1 amide bonds. The molecule has 0 aromatic heterocycles. The van der Waals surface area contributed by atoms with Gasteiger partial charge in [0.1, 0.15) is 5.75 Å². The van der Waals surface area contributed by atoms with Gasteiger partial charge in [-0.3, -0.25) is 4.79 Å². The number of benzene rings is 1. The van der Waals surface area contributed by atoms with E-state index in [4.69, 9.17) is 4.74 Å². The second-order valence-corrected chi connectivity index (χ2v) is 8.33. The molecule has 7 heteroatoms. The lowest BCUT2D eigenvalue weighted by molar-refractivity contribution is -0.121. The van der Waals surface area contributed by atoms with E-state index >= 15 is 0 Å². The predicted molar refractivity (Wildman–Crippen MR) is 98.0 cm³/mol. The van der Waals surface area contributed by atoms with Crippen LogP contribution in [-0.4, -0.2) is 50.6 Å². The van der Waals surface area contributed by atoms with Crippen LogP contribution in [0.25, 0.3) is 0 Å². The molecule has 1 heterocycles. The Bertz CT molecular complexity index is 611. The minimum absolute atomic E-state index is 0.0285. The molecule has 2 rings (SSSR count). The van der Waals surface area contributed by atoms with Crippen LogP contribution < -0.4 is 10.1 Å². The van der Waals surface area contributed by atoms with E-state index in [1.54, 1.807) is 4.31 Å². The molecular formula is C18H28N2O4S. The summed E-state index contributed by atoms with van der Waals surface area (Å²) in [6, 6.07) is 9.45. The summed E-state index contributed by atoms with van der Waals surface area (Å²) in [5.74, 6) is 0.619. The Morgan fingerprint density at radius 2 is 1.76 bits per heavy atom. The highest BCUT2D eigenvalue weighted by Crippen LogP contribution is 2.13. The molecule has 1 aromatic rings. The van der Waals surface area contributed by atoms with Crippen LogP contribution in [0.4, 0.5) is 0 Å². The van der Waals surface area contributed by atoms with Gasteiger partial charge in [0.15, 0.2) is 0 Å². The first kappa shape index (κ1) is 19.7. The molecule has 0 radical (unpaired) electrons. The smallest absolute Gasteiger partial charge is 0.220 e. The first-order valence-corrected chi connectivity index (χ1v) is 10.6. The number of nitrogens with zero attached hydrogens (tertiary/aromatic N) is 1. The molecule has 0 unspecified atom stereocenters. The third kappa shape index (κ3) is 7.44. The van der Waals surface area contributed by atoms with E-state index in [-0.39, 0.29) is 18.2 Å². The third-order valence-electron chi connectivity index (χ3n) is 4.20. The van der Waals surface area contributed by atoms with E-state index in [0.29, 0.717) is 32.5 Å². The fraction of sp³-hybridized carbons (Fsp3) is 0.611. The van der Waals surface area contributed by atoms with Gasteiger partial charge in [-0.1, -0.05) is 31.0 Å². The molecule has 0 saturated carbocycles. The van der Waals surface area contributed by atoms with E-state index in [2.05, 4.69) is 5.32 Å². The highest BCUT2D eigenvalue weighted by atomic mass is 32.2. The zero-order chi connectivity index (χ0) is 18.0. The van der Waals surface area contributed by atoms with E-state index < -0.39 is 10.0 Å². The van der Waals surface area contributed by atoms with Crippen molar-refractivity contribution in [2.45, 2.75) is 38.5 Å². The second kappa shape index (κ2) is 10.4. The molecular weight excluding hydrogens is 340 g/mol. The molecule has 1 aliphatic heterocycles. The highest BCUT2D eigenvalue weighted by molar-refractivity contribution is 7.89. The highest BCUT2D eigenvalue weighted by Gasteiger charge is 2.22. The molecule has 0 aliphatic carbocycles. The van der Waals surface area contributed by atoms with Crippen molar-refractivity contribution in [1.29, 1.82) is 0 Å². The Balaban J connectivity index is 1.59. The van der Waals surface area contributed by atoms with Gasteiger partial charge in [0, 0.05) is 26.1 Å². The molecule has 1 saturated heterocycles. The lowest BCUT2D eigenvalue weighted by atomic mass is 10.2. The molecule has 6 nitrogen and oxygen atoms in total. The van der Waals surface area contributed by atoms with E-state index in [0.717, 1.165) is 31.4 Å². The molecule has 1 N–H and O–H groups in total. The summed E-state index contributed by atoms with van der Waals surface area (Å²) in [6.45, 7) is 1.83. The first-order chi connectivity index (χ1) is 12.1. The summed E-state index contributed by atoms with van der Waals surface area (Å²) < 4.78 is 31.7. The van der Waals surface area contributed by atoms with Gasteiger partial charge >= 0.3 is 0 Å². The summed E-state index contributed by atoms with van der Waals surface area (Å²) in [5.41, 5.74) is 0. The number of sulfonamides is 1. The summed E-state index contributed by atoms with van der Waals surface area (Å²) in [7, 11) is -3.27. The molecule has 1 aliphatic rings. The zero-order valence-electron chi connectivity index (χ0n) is 14.7. The van der Waals surface area contributed by atoms with Crippen molar-refractivity contribution in [1.82, 2.24) is 9.62 Å². The van der Waals surface area contributed by atoms with Gasteiger partial charge in [-0.05, 0) is 31.4 Å². The monoisotopic (exact) mass is 368 g/mol. The molecule has 1 fully saturated rings. The summed E-state index contributed by atoms with van der Waals surface area (Å²) >= 11 is 0. The lowest BCUT2D eigenvalue weighted by Gasteiger charge is -2.19. The molecule has 0 bridgehead atoms. The minimum atomic E-state index is -3.27. The van der Waals surface area contributed by atoms with Crippen LogP contribution in [-0.2, 0) is 14.8 Å². The van der Waals surface area contributed by atoms with Crippen molar-refractivity contribution in [3.63, 3.8) is 0 Å². The van der Waals surface area contributed by atoms with Gasteiger partial charge in [0.25, 0.3) is 0 Å². The number of rotatable bonds is 9. The van der Waals surface area contributed by atoms with Crippen LogP contribution in [0.15, 0.2) is 30.3 Å². The standard InChI is InChI=1S/C18H28N2O4S/c21-18(11-8-15-24-17-9-4-3-5-10-17)19-12-16-25(22,23)20-13-6-1-2-7-14-20/h3-5,9-10H,1-2,6-8,11-16H2,(H,19,21). The Labute approximate surface area is 150 Å². The van der Waals surface area contributed by atoms with E-state index in [1.165, 1.54) is 0 Å². The van der Waals surface area contributed by atoms with Crippen LogP contribution >= 0.6 is 0 Å². The molecule has 25 heavy (non-hydrogen) atoms. The summed E-state index contributed by atoms with van der Waals surface area (Å²) in [5, 5.41) is 2.69. The number of ether oxygens (including phenoxy) is 1. The Hall–Kier alpha value is -1.60. The van der Waals surface area contributed by atoms with E-state index in [9.17, 15) is 13.2 Å². The average molecular weight is 368 g/mol. The maximum absolute atomic E-state index is 12.3. The van der Waals surface area contributed by atoms with Gasteiger partial charge in [-0.25, -0.2) is 12.7 Å². The van der Waals surface area contributed by atoms with Gasteiger partial charge < -0.3 is 10.1 Å². The van der Waals surface area contributed by atoms with Crippen LogP contribution in [0.3, 0.4) is 0 Å². The fourth-order valence-electron chi connectivity index (χ4n) is 2.80. The number of amides is 1. The quantitative estimate of drug-likeness (QED) is 0.678. The lowest BCUT2D eigenvalue weighted by Crippen LogP contribution is -2.38. The average Bonchev–Trinajstić information content (AvgIpc) is 2.89. The Morgan fingerprint density at radius 3 is 2.44 bits per heavy atom. The summed E-state index contributed by atoms with van der Waals surface area (Å²) in [4.78, 5) is 11.8. The van der Waals surface area contributed by atoms with Crippen molar-refractivity contribution >= 4 is 15.9 Å². The normalized spacial score (nSPS) is 16.2. The minimum Gasteiger partial charge on any atom is -0.494 e. The third-order valence-corrected chi connectivity index (χ3v) is 6.07. The van der Waals surface area contributed by atoms with Crippen molar-refractivity contribution in [3.8, 4) is 5.75 Å². The number of hydrogen-bond acceptors (Lipinski definition) is 4. The van der Waals surface area contributed by atoms with Crippen LogP contribution in [0.1, 0.15) is 38.5 Å². The molecule has 0 spiro atoms. The fourth-order valence-corrected chi connectivity index (χ4v) is 4.23. The van der Waals surface area contributed by atoms with Crippen LogP contribution in [0, 0.1) is 0 Å². The van der Waals surface area contributed by atoms with E-state index in [1.807, 2.05) is 30.3 Å². The number of hydrogen-bond donors (Lipinski definition) is 1. The maximum atomic E-state index is 12.3. The number of carbonyl (C=O) groups excluding carboxylic acids is 1. The molecule has 1 aromatic carbocycles. The van der Waals surface area contributed by atoms with Gasteiger partial charge in [0.2, 0.25) is 15.9 Å². The number of para-hydroxylation sites is 1. The van der Waals surface area contributed by atoms with Crippen molar-refractivity contribution < 1.29 is 17.9 Å². The number of carbonyl (C=O) groups is 1. The van der Waals surface area contributed by atoms with Crippen molar-refractivity contribution in [2.24, 2.45) is 0 Å². The van der Waals surface area contributed by atoms with Gasteiger partial charge in [0.05, 0.1) is 12.4 Å². The SMILES string of the molecule is O=C(CCCOc1ccccc1)NCCS(=O)(=O)N1CCCCCC1. The maximum Gasteiger partial charge on any atom is 0.220 e. The topological polar surface area (TPSA) is 75.7 Å². The molecule has 140 valence electrons. The molecule has 0 atom stereocenters. The van der Waals surface area contributed by atoms with Crippen LogP contribution in [0.5, 0.6) is 5.75 Å². The van der Waals surface area contributed by atoms with Crippen molar-refractivity contribution in [2.75, 3.05) is 32.0 Å². The Kier molecular flexibility index (Phi) is 8.21. The zero-order valence-corrected chi connectivity index (χ0v) is 15.5. The Morgan fingerprint density at radius 1 is 1.08 bits per heavy atom. The van der Waals surface area contributed by atoms with Gasteiger partial charge in [-0.15, -0.1) is 0 Å².